The Bertz CT molecular complexity index is 7010. The zero-order valence-corrected chi connectivity index (χ0v) is 75.1. The lowest BCUT2D eigenvalue weighted by Crippen LogP contribution is -2.38. The lowest BCUT2D eigenvalue weighted by molar-refractivity contribution is -0.0566. The first-order valence-electron chi connectivity index (χ1n) is 46.2. The number of likely N-dealkylation sites (tertiary alicyclic amines) is 1. The Morgan fingerprint density at radius 2 is 0.587 bits per heavy atom. The molecule has 0 saturated carbocycles. The number of morpholine rings is 1. The van der Waals surface area contributed by atoms with Crippen LogP contribution in [0.25, 0.3) is 88.1 Å². The van der Waals surface area contributed by atoms with E-state index in [4.69, 9.17) is 42.6 Å². The first-order valence-corrected chi connectivity index (χ1v) is 46.2. The Balaban J connectivity index is 0.000000110. The normalized spacial score (nSPS) is 15.7. The summed E-state index contributed by atoms with van der Waals surface area (Å²) >= 11 is 0. The minimum absolute atomic E-state index is 0.117. The van der Waals surface area contributed by atoms with Crippen LogP contribution in [0.3, 0.4) is 0 Å². The van der Waals surface area contributed by atoms with Crippen molar-refractivity contribution < 1.29 is 70.6 Å². The number of piperidine rings is 2. The van der Waals surface area contributed by atoms with Crippen molar-refractivity contribution in [3.05, 3.63) is 248 Å². The molecule has 8 aromatic carbocycles. The van der Waals surface area contributed by atoms with E-state index < -0.39 is 5.92 Å². The summed E-state index contributed by atoms with van der Waals surface area (Å²) in [5.74, 6) is 1.32. The quantitative estimate of drug-likeness (QED) is 0.0420. The van der Waals surface area contributed by atoms with Crippen molar-refractivity contribution >= 4 is 107 Å². The van der Waals surface area contributed by atoms with Crippen molar-refractivity contribution in [3.63, 3.8) is 0 Å². The molecular weight excluding hydrogens is 1760 g/mol. The van der Waals surface area contributed by atoms with E-state index in [1.165, 1.54) is 32.1 Å². The van der Waals surface area contributed by atoms with Crippen molar-refractivity contribution in [2.45, 2.75) is 57.4 Å². The molecule has 0 spiro atoms. The predicted molar refractivity (Wildman–Crippen MR) is 519 cm³/mol. The number of fused-ring (bicyclic) bond motifs is 8. The van der Waals surface area contributed by atoms with E-state index in [1.807, 2.05) is 121 Å². The standard InChI is InChI=1S/C27H25F2N5O3.C26H25N5O3.C25H23N5O4.C25H23N5O3/c28-27(29)5-7-34(8-6-27)16-17-11-19(15-30-14-17)18-1-3-22-21(12-18)25(33-32-22)26(35)31-20-2-4-23-24(13-20)37-10-9-36-23;32-26(28-19-5-7-23-24(14-19)34-11-10-33-23)25-21-13-17(4-6-22(21)29-30-25)18-12-20(16-27-15-18)31-8-2-1-3-9-31;31-25(27-18-2-4-22-23(13-18)34-10-9-33-22)24-20-12-16(1-3-21(20)28-29-24)17-11-19(15-26-14-17)30-5-7-32-8-6-30;31-25(27-18-4-6-22-23(13-18)33-10-9-32-22)24-20-12-16(3-5-21(20)28-29-24)17-11-19(15-26-14-17)30-7-1-2-8-30/h1-4,11-15H,5-10,16H2,(H,31,35)(H,32,33);4-7,12-16H,1-3,8-11H2,(H,28,32)(H,29,30);1-4,11-15H,5-10H2,(H,27,31)(H,28,29);3-6,11-15H,1-2,7-10H2,(H,27,31)(H,28,29). The number of H-pyrrole nitrogens is 4. The smallest absolute Gasteiger partial charge is 0.276 e. The number of hydrogen-bond donors (Lipinski definition) is 8. The monoisotopic (exact) mass is 1860 g/mol. The molecule has 138 heavy (non-hydrogen) atoms. The van der Waals surface area contributed by atoms with Gasteiger partial charge in [-0.2, -0.15) is 20.4 Å². The minimum Gasteiger partial charge on any atom is -0.486 e. The van der Waals surface area contributed by atoms with Crippen molar-refractivity contribution in [1.82, 2.24) is 65.6 Å². The third kappa shape index (κ3) is 20.0. The maximum absolute atomic E-state index is 13.5. The fraction of sp³-hybridized carbons (Fsp3) is 0.262. The molecule has 4 fully saturated rings. The summed E-state index contributed by atoms with van der Waals surface area (Å²) < 4.78 is 77.1. The molecule has 4 saturated heterocycles. The highest BCUT2D eigenvalue weighted by Crippen LogP contribution is 2.41. The van der Waals surface area contributed by atoms with E-state index in [1.54, 1.807) is 85.2 Å². The zero-order valence-electron chi connectivity index (χ0n) is 75.1. The number of hydrogen-bond acceptors (Lipinski definition) is 25. The van der Waals surface area contributed by atoms with Gasteiger partial charge in [0.15, 0.2) is 68.8 Å². The van der Waals surface area contributed by atoms with Gasteiger partial charge < -0.3 is 78.6 Å². The lowest BCUT2D eigenvalue weighted by atomic mass is 10.0. The molecule has 8 aliphatic rings. The maximum Gasteiger partial charge on any atom is 0.276 e. The molecule has 8 aromatic heterocycles. The van der Waals surface area contributed by atoms with E-state index >= 15 is 0 Å². The molecule has 4 amide bonds. The van der Waals surface area contributed by atoms with E-state index in [-0.39, 0.29) is 42.2 Å². The largest absolute Gasteiger partial charge is 0.486 e. The number of ether oxygens (including phenoxy) is 9. The number of pyridine rings is 4. The molecule has 0 aliphatic carbocycles. The number of aromatic nitrogens is 12. The molecule has 0 radical (unpaired) electrons. The highest BCUT2D eigenvalue weighted by molar-refractivity contribution is 6.15. The number of carbonyl (C=O) groups is 4. The highest BCUT2D eigenvalue weighted by atomic mass is 19.3. The van der Waals surface area contributed by atoms with Crippen LogP contribution in [-0.2, 0) is 11.3 Å². The second-order valence-corrected chi connectivity index (χ2v) is 34.4. The molecule has 0 unspecified atom stereocenters. The van der Waals surface area contributed by atoms with Gasteiger partial charge in [-0.3, -0.25) is 64.4 Å². The number of rotatable bonds is 17. The topological polar surface area (TPSA) is 379 Å². The summed E-state index contributed by atoms with van der Waals surface area (Å²) in [5.41, 5.74) is 18.8. The third-order valence-corrected chi connectivity index (χ3v) is 25.2. The van der Waals surface area contributed by atoms with Gasteiger partial charge in [0.05, 0.1) is 70.9 Å². The number of anilines is 7. The molecule has 8 aliphatic heterocycles. The van der Waals surface area contributed by atoms with Crippen LogP contribution in [0.5, 0.6) is 46.0 Å². The predicted octanol–water partition coefficient (Wildman–Crippen LogP) is 17.3. The van der Waals surface area contributed by atoms with Crippen molar-refractivity contribution in [3.8, 4) is 90.5 Å². The van der Waals surface area contributed by atoms with Crippen LogP contribution in [0.15, 0.2) is 219 Å². The average molecular weight is 1860 g/mol. The fourth-order valence-electron chi connectivity index (χ4n) is 18.0. The van der Waals surface area contributed by atoms with Crippen molar-refractivity contribution in [1.29, 1.82) is 0 Å². The zero-order chi connectivity index (χ0) is 93.4. The van der Waals surface area contributed by atoms with Crippen molar-refractivity contribution in [2.75, 3.05) is 154 Å². The molecule has 0 bridgehead atoms. The van der Waals surface area contributed by atoms with Gasteiger partial charge in [0.1, 0.15) is 52.9 Å². The van der Waals surface area contributed by atoms with Crippen LogP contribution < -0.4 is 73.9 Å². The van der Waals surface area contributed by atoms with E-state index in [2.05, 4.69) is 115 Å². The third-order valence-electron chi connectivity index (χ3n) is 25.2. The minimum atomic E-state index is -2.57. The second kappa shape index (κ2) is 39.7. The van der Waals surface area contributed by atoms with Gasteiger partial charge >= 0.3 is 0 Å². The Hall–Kier alpha value is -16.3. The number of nitrogens with one attached hydrogen (secondary N) is 8. The Kier molecular flexibility index (Phi) is 25.4. The lowest BCUT2D eigenvalue weighted by Gasteiger charge is -2.31. The Labute approximate surface area is 789 Å². The number of aromatic amines is 4. The fourth-order valence-corrected chi connectivity index (χ4v) is 18.0. The molecule has 8 N–H and O–H groups in total. The molecule has 35 heteroatoms. The Morgan fingerprint density at radius 1 is 0.297 bits per heavy atom. The molecule has 0 atom stereocenters. The average Bonchev–Trinajstić information content (AvgIpc) is 1.66. The summed E-state index contributed by atoms with van der Waals surface area (Å²) in [6.07, 6.45) is 20.7. The van der Waals surface area contributed by atoms with Gasteiger partial charge in [0.25, 0.3) is 29.6 Å². The first kappa shape index (κ1) is 88.3. The van der Waals surface area contributed by atoms with Gasteiger partial charge in [0, 0.05) is 194 Å². The number of amides is 4. The SMILES string of the molecule is O=C(Nc1ccc2c(c1)OCCO2)c1n[nH]c2ccc(-c3cncc(CN4CCC(F)(F)CC4)c3)cc12.O=C(Nc1ccc2c(c1)OCCO2)c1n[nH]c2ccc(-c3cncc(N4CCCC4)c3)cc12.O=C(Nc1ccc2c(c1)OCCO2)c1n[nH]c2ccc(-c3cncc(N4CCCCC4)c3)cc12.O=C(Nc1ccc2c(c1)OCCO2)c1n[nH]c2ccc(-c3cncc(N4CCOCC4)c3)cc12. The Morgan fingerprint density at radius 3 is 0.913 bits per heavy atom. The van der Waals surface area contributed by atoms with Crippen LogP contribution in [0.1, 0.15) is 92.5 Å². The summed E-state index contributed by atoms with van der Waals surface area (Å²) in [7, 11) is 0. The number of benzene rings is 8. The molecule has 700 valence electrons. The number of halogens is 2. The van der Waals surface area contributed by atoms with Gasteiger partial charge in [-0.15, -0.1) is 0 Å². The molecule has 33 nitrogen and oxygen atoms in total. The van der Waals surface area contributed by atoms with Gasteiger partial charge in [-0.25, -0.2) is 8.78 Å². The van der Waals surface area contributed by atoms with Gasteiger partial charge in [-0.05, 0) is 181 Å². The van der Waals surface area contributed by atoms with Gasteiger partial charge in [0.2, 0.25) is 0 Å². The molecular formula is C103H96F2N20O13. The van der Waals surface area contributed by atoms with E-state index in [9.17, 15) is 28.0 Å². The summed E-state index contributed by atoms with van der Waals surface area (Å²) in [4.78, 5) is 79.1. The van der Waals surface area contributed by atoms with Crippen LogP contribution in [0, 0.1) is 0 Å². The molecule has 24 rings (SSSR count). The summed E-state index contributed by atoms with van der Waals surface area (Å²) in [6, 6.07) is 53.3. The number of nitrogens with zero attached hydrogens (tertiary/aromatic N) is 12. The summed E-state index contributed by atoms with van der Waals surface area (Å²) in [6.45, 7) is 12.7. The molecule has 16 heterocycles. The van der Waals surface area contributed by atoms with Crippen LogP contribution >= 0.6 is 0 Å². The van der Waals surface area contributed by atoms with E-state index in [0.29, 0.717) is 177 Å². The molecule has 16 aromatic rings. The highest BCUT2D eigenvalue weighted by Gasteiger charge is 2.35. The first-order chi connectivity index (χ1) is 67.7. The van der Waals surface area contributed by atoms with Gasteiger partial charge in [-0.1, -0.05) is 24.3 Å². The van der Waals surface area contributed by atoms with Crippen LogP contribution in [-0.4, -0.2) is 214 Å². The maximum atomic E-state index is 13.5. The van der Waals surface area contributed by atoms with Crippen molar-refractivity contribution in [2.24, 2.45) is 0 Å². The van der Waals surface area contributed by atoms with E-state index in [0.717, 1.165) is 145 Å². The number of alkyl halides is 2. The van der Waals surface area contributed by atoms with Crippen LogP contribution in [0.2, 0.25) is 0 Å². The van der Waals surface area contributed by atoms with Crippen LogP contribution in [0.4, 0.5) is 48.6 Å². The number of carbonyl (C=O) groups excluding carboxylic acids is 4. The second-order valence-electron chi connectivity index (χ2n) is 34.4. The summed E-state index contributed by atoms with van der Waals surface area (Å²) in [5, 5.41) is 43.4.